The number of guanidine groups is 1. The molecule has 0 aromatic carbocycles. The number of amides is 1. The van der Waals surface area contributed by atoms with Gasteiger partial charge in [-0.2, -0.15) is 0 Å². The van der Waals surface area contributed by atoms with Crippen LogP contribution in [0.15, 0.2) is 23.5 Å². The molecule has 0 saturated carbocycles. The molecule has 1 aromatic heterocycles. The van der Waals surface area contributed by atoms with E-state index in [1.54, 1.807) is 12.4 Å². The second kappa shape index (κ2) is 16.0. The van der Waals surface area contributed by atoms with Crippen LogP contribution in [-0.4, -0.2) is 99.0 Å². The lowest BCUT2D eigenvalue weighted by molar-refractivity contribution is -0.131. The highest BCUT2D eigenvalue weighted by Crippen LogP contribution is 2.12. The number of halogens is 1. The Morgan fingerprint density at radius 1 is 1.24 bits per heavy atom. The number of rotatable bonds is 11. The van der Waals surface area contributed by atoms with Crippen LogP contribution in [0.1, 0.15) is 26.2 Å². The number of nitrogens with one attached hydrogen (secondary N) is 2. The molecule has 11 heteroatoms. The van der Waals surface area contributed by atoms with Crippen LogP contribution in [0, 0.1) is 5.92 Å². The first kappa shape index (κ1) is 27.5. The zero-order valence-corrected chi connectivity index (χ0v) is 21.9. The van der Waals surface area contributed by atoms with Gasteiger partial charge in [0.2, 0.25) is 11.9 Å². The van der Waals surface area contributed by atoms with E-state index in [2.05, 4.69) is 30.5 Å². The summed E-state index contributed by atoms with van der Waals surface area (Å²) in [5.74, 6) is 2.18. The van der Waals surface area contributed by atoms with Crippen molar-refractivity contribution in [3.8, 4) is 0 Å². The van der Waals surface area contributed by atoms with E-state index >= 15 is 0 Å². The predicted molar refractivity (Wildman–Crippen MR) is 139 cm³/mol. The van der Waals surface area contributed by atoms with E-state index in [-0.39, 0.29) is 29.9 Å². The van der Waals surface area contributed by atoms with Gasteiger partial charge in [-0.05, 0) is 25.8 Å². The minimum atomic E-state index is 0. The quantitative estimate of drug-likeness (QED) is 0.175. The normalized spacial score (nSPS) is 18.7. The van der Waals surface area contributed by atoms with Gasteiger partial charge < -0.3 is 29.9 Å². The molecule has 186 valence electrons. The van der Waals surface area contributed by atoms with Crippen molar-refractivity contribution in [2.75, 3.05) is 77.1 Å². The molecule has 1 atom stereocenters. The van der Waals surface area contributed by atoms with Crippen molar-refractivity contribution in [1.82, 2.24) is 25.5 Å². The van der Waals surface area contributed by atoms with E-state index < -0.39 is 0 Å². The molecule has 3 heterocycles. The van der Waals surface area contributed by atoms with Crippen molar-refractivity contribution in [2.45, 2.75) is 26.2 Å². The summed E-state index contributed by atoms with van der Waals surface area (Å²) in [6.45, 7) is 10.1. The highest BCUT2D eigenvalue weighted by molar-refractivity contribution is 14.0. The molecule has 10 nitrogen and oxygen atoms in total. The molecule has 2 aliphatic rings. The van der Waals surface area contributed by atoms with Crippen LogP contribution in [0.25, 0.3) is 0 Å². The third-order valence-corrected chi connectivity index (χ3v) is 5.54. The molecule has 0 radical (unpaired) electrons. The summed E-state index contributed by atoms with van der Waals surface area (Å²) in [5.41, 5.74) is 0. The number of carbonyl (C=O) groups is 1. The van der Waals surface area contributed by atoms with Gasteiger partial charge in [-0.3, -0.25) is 9.79 Å². The standard InChI is InChI=1S/C22H37N7O3.HI/c1-2-23-21(24-9-4-15-31-17-19-6-16-32-18-19)25-10-5-20(30)28-11-13-29(14-12-28)22-26-7-3-8-27-22;/h3,7-8,19H,2,4-6,9-18H2,1H3,(H2,23,24,25);1H. The summed E-state index contributed by atoms with van der Waals surface area (Å²) in [5, 5.41) is 6.50. The van der Waals surface area contributed by atoms with E-state index in [4.69, 9.17) is 9.47 Å². The Labute approximate surface area is 213 Å². The summed E-state index contributed by atoms with van der Waals surface area (Å²) in [6.07, 6.45) is 5.90. The molecule has 0 spiro atoms. The maximum atomic E-state index is 12.6. The Bertz CT molecular complexity index is 696. The Kier molecular flexibility index (Phi) is 13.3. The van der Waals surface area contributed by atoms with Crippen LogP contribution >= 0.6 is 24.0 Å². The SMILES string of the molecule is CCNC(=NCCCOCC1CCOC1)NCCC(=O)N1CCN(c2ncccn2)CC1.I. The monoisotopic (exact) mass is 575 g/mol. The summed E-state index contributed by atoms with van der Waals surface area (Å²) in [4.78, 5) is 29.8. The van der Waals surface area contributed by atoms with Gasteiger partial charge in [0, 0.05) is 83.8 Å². The minimum absolute atomic E-state index is 0. The lowest BCUT2D eigenvalue weighted by Crippen LogP contribution is -2.50. The van der Waals surface area contributed by atoms with Gasteiger partial charge in [0.25, 0.3) is 0 Å². The molecule has 1 unspecified atom stereocenters. The van der Waals surface area contributed by atoms with Crippen LogP contribution in [0.4, 0.5) is 5.95 Å². The maximum Gasteiger partial charge on any atom is 0.225 e. The van der Waals surface area contributed by atoms with E-state index in [1.165, 1.54) is 0 Å². The van der Waals surface area contributed by atoms with Crippen LogP contribution in [0.3, 0.4) is 0 Å². The molecule has 0 bridgehead atoms. The zero-order chi connectivity index (χ0) is 22.4. The van der Waals surface area contributed by atoms with Gasteiger partial charge in [-0.15, -0.1) is 24.0 Å². The number of piperazine rings is 1. The lowest BCUT2D eigenvalue weighted by atomic mass is 10.1. The van der Waals surface area contributed by atoms with Crippen LogP contribution in [0.5, 0.6) is 0 Å². The number of hydrogen-bond acceptors (Lipinski definition) is 7. The maximum absolute atomic E-state index is 12.6. The number of nitrogens with zero attached hydrogens (tertiary/aromatic N) is 5. The van der Waals surface area contributed by atoms with Crippen molar-refractivity contribution in [2.24, 2.45) is 10.9 Å². The Morgan fingerprint density at radius 2 is 2.03 bits per heavy atom. The summed E-state index contributed by atoms with van der Waals surface area (Å²) < 4.78 is 11.1. The number of hydrogen-bond donors (Lipinski definition) is 2. The van der Waals surface area contributed by atoms with E-state index in [0.29, 0.717) is 45.1 Å². The zero-order valence-electron chi connectivity index (χ0n) is 19.6. The van der Waals surface area contributed by atoms with Crippen LogP contribution in [-0.2, 0) is 14.3 Å². The number of carbonyl (C=O) groups excluding carboxylic acids is 1. The number of aromatic nitrogens is 2. The van der Waals surface area contributed by atoms with Gasteiger partial charge in [-0.1, -0.05) is 0 Å². The van der Waals surface area contributed by atoms with Gasteiger partial charge in [0.05, 0.1) is 13.2 Å². The fourth-order valence-corrected chi connectivity index (χ4v) is 3.72. The lowest BCUT2D eigenvalue weighted by Gasteiger charge is -2.34. The molecule has 2 N–H and O–H groups in total. The number of anilines is 1. The Hall–Kier alpha value is -1.73. The number of ether oxygens (including phenoxy) is 2. The average Bonchev–Trinajstić information content (AvgIpc) is 3.35. The fraction of sp³-hybridized carbons (Fsp3) is 0.727. The first-order chi connectivity index (χ1) is 15.8. The second-order valence-corrected chi connectivity index (χ2v) is 8.01. The smallest absolute Gasteiger partial charge is 0.225 e. The molecule has 1 aromatic rings. The molecule has 2 fully saturated rings. The molecule has 3 rings (SSSR count). The molecule has 2 saturated heterocycles. The van der Waals surface area contributed by atoms with E-state index in [1.807, 2.05) is 17.9 Å². The van der Waals surface area contributed by atoms with Crippen molar-refractivity contribution in [1.29, 1.82) is 0 Å². The van der Waals surface area contributed by atoms with E-state index in [9.17, 15) is 4.79 Å². The van der Waals surface area contributed by atoms with Crippen LogP contribution < -0.4 is 15.5 Å². The number of aliphatic imine (C=N–C) groups is 1. The van der Waals surface area contributed by atoms with Crippen molar-refractivity contribution in [3.05, 3.63) is 18.5 Å². The molecule has 0 aliphatic carbocycles. The minimum Gasteiger partial charge on any atom is -0.381 e. The second-order valence-electron chi connectivity index (χ2n) is 8.01. The topological polar surface area (TPSA) is 104 Å². The Morgan fingerprint density at radius 3 is 2.73 bits per heavy atom. The van der Waals surface area contributed by atoms with Gasteiger partial charge in [-0.25, -0.2) is 9.97 Å². The molecule has 1 amide bonds. The summed E-state index contributed by atoms with van der Waals surface area (Å²) in [7, 11) is 0. The van der Waals surface area contributed by atoms with Crippen molar-refractivity contribution in [3.63, 3.8) is 0 Å². The largest absolute Gasteiger partial charge is 0.381 e. The van der Waals surface area contributed by atoms with Gasteiger partial charge >= 0.3 is 0 Å². The van der Waals surface area contributed by atoms with E-state index in [0.717, 1.165) is 64.2 Å². The molecular formula is C22H38IN7O3. The molecule has 2 aliphatic heterocycles. The third kappa shape index (κ3) is 9.97. The highest BCUT2D eigenvalue weighted by Gasteiger charge is 2.22. The highest BCUT2D eigenvalue weighted by atomic mass is 127. The first-order valence-corrected chi connectivity index (χ1v) is 11.7. The molecule has 33 heavy (non-hydrogen) atoms. The Balaban J connectivity index is 0.00000385. The third-order valence-electron chi connectivity index (χ3n) is 5.54. The van der Waals surface area contributed by atoms with Gasteiger partial charge in [0.1, 0.15) is 0 Å². The first-order valence-electron chi connectivity index (χ1n) is 11.7. The van der Waals surface area contributed by atoms with Crippen molar-refractivity contribution >= 4 is 41.8 Å². The fourth-order valence-electron chi connectivity index (χ4n) is 3.72. The van der Waals surface area contributed by atoms with Crippen LogP contribution in [0.2, 0.25) is 0 Å². The predicted octanol–water partition coefficient (Wildman–Crippen LogP) is 1.13. The van der Waals surface area contributed by atoms with Gasteiger partial charge in [0.15, 0.2) is 5.96 Å². The summed E-state index contributed by atoms with van der Waals surface area (Å²) >= 11 is 0. The summed E-state index contributed by atoms with van der Waals surface area (Å²) in [6, 6.07) is 1.81. The average molecular weight is 575 g/mol. The molecular weight excluding hydrogens is 537 g/mol. The van der Waals surface area contributed by atoms with Crippen molar-refractivity contribution < 1.29 is 14.3 Å².